The Morgan fingerprint density at radius 3 is 2.51 bits per heavy atom. The van der Waals surface area contributed by atoms with Gasteiger partial charge in [0.1, 0.15) is 17.5 Å². The summed E-state index contributed by atoms with van der Waals surface area (Å²) in [7, 11) is 0. The highest BCUT2D eigenvalue weighted by Gasteiger charge is 2.34. The van der Waals surface area contributed by atoms with Crippen molar-refractivity contribution >= 4 is 46.8 Å². The van der Waals surface area contributed by atoms with Crippen LogP contribution in [0.25, 0.3) is 11.7 Å². The molecule has 2 aromatic heterocycles. The average Bonchev–Trinajstić information content (AvgIpc) is 3.69. The number of hydrogen-bond donors (Lipinski definition) is 1. The third kappa shape index (κ3) is 7.27. The van der Waals surface area contributed by atoms with Crippen LogP contribution in [-0.4, -0.2) is 88.3 Å². The maximum Gasteiger partial charge on any atom is 0.414 e. The number of rotatable bonds is 10. The minimum atomic E-state index is -0.854. The van der Waals surface area contributed by atoms with Crippen LogP contribution in [0.5, 0.6) is 0 Å². The Bertz CT molecular complexity index is 1780. The lowest BCUT2D eigenvalue weighted by atomic mass is 10.1. The van der Waals surface area contributed by atoms with Gasteiger partial charge in [-0.2, -0.15) is 0 Å². The first-order chi connectivity index (χ1) is 22.7. The topological polar surface area (TPSA) is 129 Å². The first-order valence-corrected chi connectivity index (χ1v) is 15.1. The second kappa shape index (κ2) is 13.8. The highest BCUT2D eigenvalue weighted by molar-refractivity contribution is 5.95. The molecule has 4 aromatic rings. The van der Waals surface area contributed by atoms with Crippen LogP contribution in [0, 0.1) is 11.6 Å². The maximum absolute atomic E-state index is 15.3. The molecule has 0 saturated carbocycles. The predicted molar refractivity (Wildman–Crippen MR) is 168 cm³/mol. The van der Waals surface area contributed by atoms with E-state index in [9.17, 15) is 19.2 Å². The Balaban J connectivity index is 0.989. The zero-order valence-corrected chi connectivity index (χ0v) is 25.2. The minimum Gasteiger partial charge on any atom is -0.444 e. The fourth-order valence-corrected chi connectivity index (χ4v) is 5.52. The van der Waals surface area contributed by atoms with Gasteiger partial charge in [-0.05, 0) is 18.1 Å². The van der Waals surface area contributed by atoms with Gasteiger partial charge in [-0.1, -0.05) is 36.4 Å². The van der Waals surface area contributed by atoms with Crippen molar-refractivity contribution in [2.45, 2.75) is 18.9 Å². The Labute approximate surface area is 268 Å². The lowest BCUT2D eigenvalue weighted by Gasteiger charge is -2.36. The minimum absolute atomic E-state index is 0.0120. The Morgan fingerprint density at radius 2 is 1.79 bits per heavy atom. The summed E-state index contributed by atoms with van der Waals surface area (Å²) in [6, 6.07) is 11.5. The molecule has 2 fully saturated rings. The molecular formula is C33H31F2N7O5. The van der Waals surface area contributed by atoms with E-state index in [1.54, 1.807) is 22.9 Å². The first-order valence-electron chi connectivity index (χ1n) is 15.1. The van der Waals surface area contributed by atoms with Crippen LogP contribution in [0.15, 0.2) is 73.3 Å². The Morgan fingerprint density at radius 1 is 1.04 bits per heavy atom. The molecule has 2 aliphatic rings. The van der Waals surface area contributed by atoms with Gasteiger partial charge >= 0.3 is 6.09 Å². The SMILES string of the molecule is O=C(/C=C/c1ccccc1)CC[C@H]1CN(c2cc(F)c(N3CCN(C(=O)CNC(=O)c4cn5ccncc5n4)CC3)c(F)c2)C(=O)O1. The van der Waals surface area contributed by atoms with Gasteiger partial charge in [-0.15, -0.1) is 0 Å². The number of aromatic nitrogens is 3. The van der Waals surface area contributed by atoms with Crippen molar-refractivity contribution in [3.8, 4) is 0 Å². The number of hydrogen-bond acceptors (Lipinski definition) is 8. The number of imidazole rings is 1. The van der Waals surface area contributed by atoms with Gasteiger partial charge in [-0.25, -0.2) is 18.6 Å². The number of carbonyl (C=O) groups is 4. The summed E-state index contributed by atoms with van der Waals surface area (Å²) in [6.07, 6.45) is 8.52. The molecule has 0 unspecified atom stereocenters. The largest absolute Gasteiger partial charge is 0.444 e. The number of nitrogens with one attached hydrogen (secondary N) is 1. The summed E-state index contributed by atoms with van der Waals surface area (Å²) in [5, 5.41) is 2.56. The van der Waals surface area contributed by atoms with E-state index >= 15 is 8.78 Å². The number of amides is 3. The van der Waals surface area contributed by atoms with Crippen molar-refractivity contribution in [3.63, 3.8) is 0 Å². The normalized spacial score (nSPS) is 16.6. The van der Waals surface area contributed by atoms with Crippen molar-refractivity contribution in [1.82, 2.24) is 24.6 Å². The Kier molecular flexibility index (Phi) is 9.18. The van der Waals surface area contributed by atoms with Crippen LogP contribution < -0.4 is 15.1 Å². The number of benzene rings is 2. The van der Waals surface area contributed by atoms with E-state index in [0.717, 1.165) is 22.6 Å². The lowest BCUT2D eigenvalue weighted by molar-refractivity contribution is -0.130. The van der Waals surface area contributed by atoms with E-state index in [-0.39, 0.29) is 80.9 Å². The van der Waals surface area contributed by atoms with Gasteiger partial charge in [-0.3, -0.25) is 24.3 Å². The van der Waals surface area contributed by atoms with Crippen LogP contribution >= 0.6 is 0 Å². The van der Waals surface area contributed by atoms with E-state index in [1.807, 2.05) is 30.3 Å². The monoisotopic (exact) mass is 643 g/mol. The first kappa shape index (κ1) is 31.3. The average molecular weight is 644 g/mol. The molecule has 0 bridgehead atoms. The summed E-state index contributed by atoms with van der Waals surface area (Å²) >= 11 is 0. The van der Waals surface area contributed by atoms with E-state index in [2.05, 4.69) is 15.3 Å². The molecule has 0 radical (unpaired) electrons. The van der Waals surface area contributed by atoms with Gasteiger partial charge in [0.25, 0.3) is 5.91 Å². The summed E-state index contributed by atoms with van der Waals surface area (Å²) in [5.74, 6) is -2.69. The van der Waals surface area contributed by atoms with Gasteiger partial charge < -0.3 is 24.3 Å². The molecule has 2 saturated heterocycles. The third-order valence-electron chi connectivity index (χ3n) is 8.01. The molecule has 14 heteroatoms. The number of ketones is 1. The standard InChI is InChI=1S/C33H31F2N7O5/c34-26-16-23(42-20-25(47-33(42)46)9-8-24(43)7-6-22-4-2-1-3-5-22)17-27(35)31(26)40-14-12-39(13-15-40)30(44)19-37-32(45)28-21-41-11-10-36-18-29(41)38-28/h1-7,10-11,16-18,21,25H,8-9,12-15,19-20H2,(H,37,45)/b7-6+/t25-/m0/s1. The van der Waals surface area contributed by atoms with E-state index in [4.69, 9.17) is 4.74 Å². The van der Waals surface area contributed by atoms with Gasteiger partial charge in [0.15, 0.2) is 23.1 Å². The molecule has 47 heavy (non-hydrogen) atoms. The molecule has 0 spiro atoms. The molecule has 6 rings (SSSR count). The second-order valence-electron chi connectivity index (χ2n) is 11.1. The molecule has 12 nitrogen and oxygen atoms in total. The van der Waals surface area contributed by atoms with Gasteiger partial charge in [0.05, 0.1) is 25.0 Å². The smallest absolute Gasteiger partial charge is 0.414 e. The number of fused-ring (bicyclic) bond motifs is 1. The number of piperazine rings is 1. The quantitative estimate of drug-likeness (QED) is 0.260. The highest BCUT2D eigenvalue weighted by Crippen LogP contribution is 2.32. The zero-order chi connectivity index (χ0) is 32.9. The molecule has 4 heterocycles. The third-order valence-corrected chi connectivity index (χ3v) is 8.01. The van der Waals surface area contributed by atoms with Crippen molar-refractivity contribution in [2.24, 2.45) is 0 Å². The van der Waals surface area contributed by atoms with Crippen molar-refractivity contribution in [2.75, 3.05) is 49.1 Å². The molecule has 1 N–H and O–H groups in total. The van der Waals surface area contributed by atoms with Crippen LogP contribution in [0.2, 0.25) is 0 Å². The van der Waals surface area contributed by atoms with E-state index < -0.39 is 29.7 Å². The molecule has 2 aliphatic heterocycles. The molecule has 1 atom stereocenters. The lowest BCUT2D eigenvalue weighted by Crippen LogP contribution is -2.51. The molecule has 3 amide bonds. The number of nitrogens with zero attached hydrogens (tertiary/aromatic N) is 6. The number of anilines is 2. The van der Waals surface area contributed by atoms with Gasteiger partial charge in [0, 0.05) is 63.3 Å². The summed E-state index contributed by atoms with van der Waals surface area (Å²) in [5.41, 5.74) is 1.29. The Hall–Kier alpha value is -5.66. The van der Waals surface area contributed by atoms with Crippen molar-refractivity contribution in [1.29, 1.82) is 0 Å². The number of carbonyl (C=O) groups excluding carboxylic acids is 4. The summed E-state index contributed by atoms with van der Waals surface area (Å²) in [6.45, 7) is 0.496. The fourth-order valence-electron chi connectivity index (χ4n) is 5.52. The van der Waals surface area contributed by atoms with Crippen molar-refractivity contribution < 1.29 is 32.7 Å². The van der Waals surface area contributed by atoms with E-state index in [0.29, 0.717) is 5.65 Å². The van der Waals surface area contributed by atoms with Crippen LogP contribution in [0.1, 0.15) is 28.9 Å². The molecule has 0 aliphatic carbocycles. The van der Waals surface area contributed by atoms with E-state index in [1.165, 1.54) is 28.3 Å². The fraction of sp³-hybridized carbons (Fsp3) is 0.273. The van der Waals surface area contributed by atoms with Crippen LogP contribution in [0.3, 0.4) is 0 Å². The summed E-state index contributed by atoms with van der Waals surface area (Å²) < 4.78 is 37.6. The zero-order valence-electron chi connectivity index (χ0n) is 25.2. The second-order valence-corrected chi connectivity index (χ2v) is 11.1. The van der Waals surface area contributed by atoms with Gasteiger partial charge in [0.2, 0.25) is 5.91 Å². The molecule has 242 valence electrons. The molecular weight excluding hydrogens is 612 g/mol. The summed E-state index contributed by atoms with van der Waals surface area (Å²) in [4.78, 5) is 62.4. The predicted octanol–water partition coefficient (Wildman–Crippen LogP) is 3.47. The number of cyclic esters (lactones) is 1. The van der Waals surface area contributed by atoms with Crippen LogP contribution in [0.4, 0.5) is 25.0 Å². The highest BCUT2D eigenvalue weighted by atomic mass is 19.1. The number of allylic oxidation sites excluding steroid dienone is 1. The number of ether oxygens (including phenoxy) is 1. The number of halogens is 2. The molecule has 2 aromatic carbocycles. The van der Waals surface area contributed by atoms with Crippen LogP contribution in [-0.2, 0) is 14.3 Å². The van der Waals surface area contributed by atoms with Crippen molar-refractivity contribution in [3.05, 3.63) is 96.2 Å². The maximum atomic E-state index is 15.3.